The molecule has 4 aromatic rings. The van der Waals surface area contributed by atoms with Gasteiger partial charge in [-0.05, 0) is 54.7 Å². The first kappa shape index (κ1) is 23.6. The van der Waals surface area contributed by atoms with Gasteiger partial charge in [0, 0.05) is 53.8 Å². The summed E-state index contributed by atoms with van der Waals surface area (Å²) in [6.07, 6.45) is 4.87. The molecule has 6 rings (SSSR count). The lowest BCUT2D eigenvalue weighted by molar-refractivity contribution is -0.138. The largest absolute Gasteiger partial charge is 0.479 e. The number of ether oxygens (including phenoxy) is 1. The minimum absolute atomic E-state index is 0.0388. The van der Waals surface area contributed by atoms with Gasteiger partial charge in [-0.2, -0.15) is 0 Å². The summed E-state index contributed by atoms with van der Waals surface area (Å²) in [5, 5.41) is 4.31. The van der Waals surface area contributed by atoms with Crippen molar-refractivity contribution in [3.05, 3.63) is 82.6 Å². The third-order valence-corrected chi connectivity index (χ3v) is 7.32. The number of piperidine rings is 1. The second-order valence-corrected chi connectivity index (χ2v) is 10.0. The van der Waals surface area contributed by atoms with Crippen molar-refractivity contribution in [3.63, 3.8) is 0 Å². The van der Waals surface area contributed by atoms with Crippen LogP contribution in [0.2, 0.25) is 5.02 Å². The molecule has 0 radical (unpaired) electrons. The minimum Gasteiger partial charge on any atom is -0.479 e. The quantitative estimate of drug-likeness (QED) is 0.386. The number of rotatable bonds is 5. The smallest absolute Gasteiger partial charge is 0.268 e. The van der Waals surface area contributed by atoms with Gasteiger partial charge < -0.3 is 19.9 Å². The lowest BCUT2D eigenvalue weighted by Gasteiger charge is -2.28. The van der Waals surface area contributed by atoms with Gasteiger partial charge in [0.2, 0.25) is 0 Å². The molecule has 37 heavy (non-hydrogen) atoms. The fraction of sp³-hybridized carbons (Fsp3) is 0.276. The third kappa shape index (κ3) is 4.67. The van der Waals surface area contributed by atoms with E-state index in [2.05, 4.69) is 15.3 Å². The van der Waals surface area contributed by atoms with Gasteiger partial charge in [-0.3, -0.25) is 9.59 Å². The molecule has 2 aromatic carbocycles. The number of fused-ring (bicyclic) bond motifs is 2. The van der Waals surface area contributed by atoms with Crippen LogP contribution < -0.4 is 10.1 Å². The van der Waals surface area contributed by atoms with E-state index >= 15 is 0 Å². The molecule has 2 amide bonds. The molecule has 4 heterocycles. The monoisotopic (exact) mass is 514 g/mol. The standard InChI is InChI=1S/C29H27ClN4O3/c30-20-13-19-14-25(29(36)34-11-5-2-6-12-34)37-26(19)22(15-20)21-9-10-31-27-23(21)16-24(33-27)28(35)32-17-18-7-3-1-4-8-18/h1,3-4,7-10,13,15-16,25H,2,5-6,11-12,14,17H2,(H,31,33)(H,32,35). The second-order valence-electron chi connectivity index (χ2n) is 9.61. The van der Waals surface area contributed by atoms with Crippen molar-refractivity contribution in [1.82, 2.24) is 20.2 Å². The molecule has 2 aliphatic rings. The Bertz CT molecular complexity index is 1480. The number of nitrogens with zero attached hydrogens (tertiary/aromatic N) is 2. The Morgan fingerprint density at radius 1 is 1.05 bits per heavy atom. The van der Waals surface area contributed by atoms with Crippen LogP contribution >= 0.6 is 11.6 Å². The van der Waals surface area contributed by atoms with Crippen LogP contribution in [0.1, 0.15) is 40.9 Å². The summed E-state index contributed by atoms with van der Waals surface area (Å²) in [7, 11) is 0. The Labute approximate surface area is 219 Å². The fourth-order valence-electron chi connectivity index (χ4n) is 5.24. The van der Waals surface area contributed by atoms with E-state index in [1.807, 2.05) is 53.4 Å². The molecule has 188 valence electrons. The first-order valence-electron chi connectivity index (χ1n) is 12.6. The number of carbonyl (C=O) groups excluding carboxylic acids is 2. The number of hydrogen-bond acceptors (Lipinski definition) is 4. The predicted octanol–water partition coefficient (Wildman–Crippen LogP) is 5.13. The van der Waals surface area contributed by atoms with E-state index in [1.54, 1.807) is 12.3 Å². The number of hydrogen-bond donors (Lipinski definition) is 2. The van der Waals surface area contributed by atoms with Crippen molar-refractivity contribution in [2.24, 2.45) is 0 Å². The van der Waals surface area contributed by atoms with Gasteiger partial charge in [0.15, 0.2) is 6.10 Å². The highest BCUT2D eigenvalue weighted by molar-refractivity contribution is 6.31. The maximum Gasteiger partial charge on any atom is 0.268 e. The van der Waals surface area contributed by atoms with Gasteiger partial charge in [0.1, 0.15) is 17.1 Å². The Morgan fingerprint density at radius 3 is 2.68 bits per heavy atom. The van der Waals surface area contributed by atoms with Crippen LogP contribution in [0, 0.1) is 0 Å². The second kappa shape index (κ2) is 9.90. The molecule has 0 aliphatic carbocycles. The number of halogens is 1. The molecule has 2 aliphatic heterocycles. The summed E-state index contributed by atoms with van der Waals surface area (Å²) in [5.41, 5.74) is 4.58. The molecule has 1 saturated heterocycles. The number of aromatic nitrogens is 2. The Morgan fingerprint density at radius 2 is 1.86 bits per heavy atom. The number of carbonyl (C=O) groups is 2. The molecule has 1 atom stereocenters. The van der Waals surface area contributed by atoms with Crippen molar-refractivity contribution in [3.8, 4) is 16.9 Å². The SMILES string of the molecule is O=C(NCc1ccccc1)c1cc2c(-c3cc(Cl)cc4c3OC(C(=O)N3CCCCC3)C4)ccnc2[nH]1. The van der Waals surface area contributed by atoms with Crippen LogP contribution in [0.15, 0.2) is 60.8 Å². The van der Waals surface area contributed by atoms with E-state index in [-0.39, 0.29) is 11.8 Å². The molecular weight excluding hydrogens is 488 g/mol. The fourth-order valence-corrected chi connectivity index (χ4v) is 5.48. The third-order valence-electron chi connectivity index (χ3n) is 7.10. The number of nitrogens with one attached hydrogen (secondary N) is 2. The predicted molar refractivity (Wildman–Crippen MR) is 143 cm³/mol. The Hall–Kier alpha value is -3.84. The maximum absolute atomic E-state index is 13.2. The lowest BCUT2D eigenvalue weighted by Crippen LogP contribution is -2.43. The van der Waals surface area contributed by atoms with Gasteiger partial charge in [-0.1, -0.05) is 41.9 Å². The summed E-state index contributed by atoms with van der Waals surface area (Å²) in [6.45, 7) is 2.00. The van der Waals surface area contributed by atoms with E-state index in [0.29, 0.717) is 35.1 Å². The zero-order chi connectivity index (χ0) is 25.4. The average Bonchev–Trinajstić information content (AvgIpc) is 3.56. The molecule has 2 N–H and O–H groups in total. The summed E-state index contributed by atoms with van der Waals surface area (Å²) < 4.78 is 6.29. The van der Waals surface area contributed by atoms with Gasteiger partial charge in [-0.15, -0.1) is 0 Å². The Balaban J connectivity index is 1.29. The molecular formula is C29H27ClN4O3. The summed E-state index contributed by atoms with van der Waals surface area (Å²) in [6, 6.07) is 17.2. The van der Waals surface area contributed by atoms with Gasteiger partial charge >= 0.3 is 0 Å². The van der Waals surface area contributed by atoms with E-state index in [0.717, 1.165) is 60.0 Å². The van der Waals surface area contributed by atoms with Crippen LogP contribution in [0.5, 0.6) is 5.75 Å². The number of H-pyrrole nitrogens is 1. The maximum atomic E-state index is 13.2. The molecule has 2 aromatic heterocycles. The number of pyridine rings is 1. The average molecular weight is 515 g/mol. The highest BCUT2D eigenvalue weighted by atomic mass is 35.5. The molecule has 8 heteroatoms. The molecule has 0 spiro atoms. The van der Waals surface area contributed by atoms with Crippen LogP contribution in [0.4, 0.5) is 0 Å². The topological polar surface area (TPSA) is 87.3 Å². The zero-order valence-electron chi connectivity index (χ0n) is 20.3. The van der Waals surface area contributed by atoms with Crippen LogP contribution in [0.25, 0.3) is 22.2 Å². The molecule has 1 unspecified atom stereocenters. The Kier molecular flexibility index (Phi) is 6.30. The summed E-state index contributed by atoms with van der Waals surface area (Å²) in [5.74, 6) is 0.493. The zero-order valence-corrected chi connectivity index (χ0v) is 21.1. The van der Waals surface area contributed by atoms with E-state index in [1.165, 1.54) is 0 Å². The highest BCUT2D eigenvalue weighted by Crippen LogP contribution is 2.43. The van der Waals surface area contributed by atoms with E-state index < -0.39 is 6.10 Å². The van der Waals surface area contributed by atoms with Crippen LogP contribution in [-0.4, -0.2) is 45.9 Å². The van der Waals surface area contributed by atoms with E-state index in [4.69, 9.17) is 16.3 Å². The number of aromatic amines is 1. The van der Waals surface area contributed by atoms with Crippen molar-refractivity contribution in [1.29, 1.82) is 0 Å². The van der Waals surface area contributed by atoms with Crippen molar-refractivity contribution in [2.45, 2.75) is 38.3 Å². The minimum atomic E-state index is -0.548. The van der Waals surface area contributed by atoms with Crippen LogP contribution in [0.3, 0.4) is 0 Å². The van der Waals surface area contributed by atoms with Crippen molar-refractivity contribution < 1.29 is 14.3 Å². The van der Waals surface area contributed by atoms with Gasteiger partial charge in [0.25, 0.3) is 11.8 Å². The van der Waals surface area contributed by atoms with E-state index in [9.17, 15) is 9.59 Å². The summed E-state index contributed by atoms with van der Waals surface area (Å²) >= 11 is 6.52. The van der Waals surface area contributed by atoms with Crippen LogP contribution in [-0.2, 0) is 17.8 Å². The lowest BCUT2D eigenvalue weighted by atomic mass is 9.99. The normalized spacial score (nSPS) is 16.9. The number of likely N-dealkylation sites (tertiary alicyclic amines) is 1. The van der Waals surface area contributed by atoms with Gasteiger partial charge in [-0.25, -0.2) is 4.98 Å². The van der Waals surface area contributed by atoms with Crippen molar-refractivity contribution in [2.75, 3.05) is 13.1 Å². The highest BCUT2D eigenvalue weighted by Gasteiger charge is 2.35. The molecule has 1 fully saturated rings. The first-order valence-corrected chi connectivity index (χ1v) is 13.0. The molecule has 0 saturated carbocycles. The molecule has 0 bridgehead atoms. The van der Waals surface area contributed by atoms with Crippen molar-refractivity contribution >= 4 is 34.4 Å². The molecule has 7 nitrogen and oxygen atoms in total. The first-order chi connectivity index (χ1) is 18.1. The number of benzene rings is 2. The number of amides is 2. The summed E-state index contributed by atoms with van der Waals surface area (Å²) in [4.78, 5) is 35.5. The van der Waals surface area contributed by atoms with Gasteiger partial charge in [0.05, 0.1) is 0 Å².